The van der Waals surface area contributed by atoms with Crippen LogP contribution in [-0.2, 0) is 6.42 Å². The number of nitrogens with zero attached hydrogens (tertiary/aromatic N) is 2. The second-order valence-corrected chi connectivity index (χ2v) is 2.73. The Hall–Kier alpha value is -1.18. The van der Waals surface area contributed by atoms with Gasteiger partial charge in [0.15, 0.2) is 0 Å². The maximum atomic E-state index is 4.33. The highest BCUT2D eigenvalue weighted by Gasteiger charge is 2.09. The second-order valence-electron chi connectivity index (χ2n) is 2.73. The molecule has 0 saturated heterocycles. The third kappa shape index (κ3) is 1.04. The summed E-state index contributed by atoms with van der Waals surface area (Å²) >= 11 is 0. The molecule has 2 nitrogen and oxygen atoms in total. The van der Waals surface area contributed by atoms with Crippen LogP contribution in [0.4, 0.5) is 0 Å². The van der Waals surface area contributed by atoms with Gasteiger partial charge in [0.05, 0.1) is 11.4 Å². The molecule has 1 aliphatic rings. The first-order valence-corrected chi connectivity index (χ1v) is 3.83. The first kappa shape index (κ1) is 6.53. The van der Waals surface area contributed by atoms with Crippen LogP contribution in [0.25, 0.3) is 0 Å². The summed E-state index contributed by atoms with van der Waals surface area (Å²) in [6, 6.07) is 4.11. The van der Waals surface area contributed by atoms with E-state index in [1.165, 1.54) is 5.56 Å². The molecular formula is C9H10N2. The molecule has 0 unspecified atom stereocenters. The molecule has 0 fully saturated rings. The van der Waals surface area contributed by atoms with Gasteiger partial charge in [-0.2, -0.15) is 0 Å². The summed E-state index contributed by atoms with van der Waals surface area (Å²) in [5.74, 6) is 0. The minimum absolute atomic E-state index is 0.921. The smallest absolute Gasteiger partial charge is 0.0869 e. The lowest BCUT2D eigenvalue weighted by molar-refractivity contribution is 0.924. The molecule has 0 atom stereocenters. The first-order chi connectivity index (χ1) is 5.38. The fraction of sp³-hybridized carbons (Fsp3) is 0.333. The lowest BCUT2D eigenvalue weighted by atomic mass is 10.1. The van der Waals surface area contributed by atoms with Gasteiger partial charge in [-0.1, -0.05) is 6.07 Å². The van der Waals surface area contributed by atoms with Gasteiger partial charge in [0.25, 0.3) is 0 Å². The van der Waals surface area contributed by atoms with Crippen LogP contribution in [0.2, 0.25) is 0 Å². The number of aromatic nitrogens is 1. The van der Waals surface area contributed by atoms with E-state index in [1.54, 1.807) is 0 Å². The summed E-state index contributed by atoms with van der Waals surface area (Å²) in [4.78, 5) is 8.59. The third-order valence-electron chi connectivity index (χ3n) is 1.96. The maximum Gasteiger partial charge on any atom is 0.0869 e. The molecule has 2 heterocycles. The van der Waals surface area contributed by atoms with Crippen LogP contribution in [0.3, 0.4) is 0 Å². The highest BCUT2D eigenvalue weighted by atomic mass is 14.8. The summed E-state index contributed by atoms with van der Waals surface area (Å²) in [6.45, 7) is 2.94. The van der Waals surface area contributed by atoms with E-state index in [1.807, 2.05) is 19.2 Å². The Bertz CT molecular complexity index is 302. The van der Waals surface area contributed by atoms with Crippen molar-refractivity contribution in [1.29, 1.82) is 0 Å². The topological polar surface area (TPSA) is 25.2 Å². The van der Waals surface area contributed by atoms with Crippen molar-refractivity contribution >= 4 is 5.71 Å². The first-order valence-electron chi connectivity index (χ1n) is 3.83. The van der Waals surface area contributed by atoms with Gasteiger partial charge in [-0.05, 0) is 25.0 Å². The SMILES string of the molecule is CC1=NCCc2cccnc21. The van der Waals surface area contributed by atoms with Crippen molar-refractivity contribution in [2.75, 3.05) is 6.54 Å². The van der Waals surface area contributed by atoms with Crippen LogP contribution in [0.5, 0.6) is 0 Å². The Morgan fingerprint density at radius 1 is 1.45 bits per heavy atom. The molecule has 0 bridgehead atoms. The van der Waals surface area contributed by atoms with Crippen LogP contribution in [0.15, 0.2) is 23.3 Å². The lowest BCUT2D eigenvalue weighted by Gasteiger charge is -2.11. The van der Waals surface area contributed by atoms with Crippen molar-refractivity contribution in [2.45, 2.75) is 13.3 Å². The Morgan fingerprint density at radius 2 is 2.36 bits per heavy atom. The normalized spacial score (nSPS) is 15.5. The van der Waals surface area contributed by atoms with Gasteiger partial charge in [-0.25, -0.2) is 0 Å². The Morgan fingerprint density at radius 3 is 3.18 bits per heavy atom. The van der Waals surface area contributed by atoms with Gasteiger partial charge in [0.2, 0.25) is 0 Å². The summed E-state index contributed by atoms with van der Waals surface area (Å²) in [6.07, 6.45) is 2.86. The summed E-state index contributed by atoms with van der Waals surface area (Å²) in [7, 11) is 0. The van der Waals surface area contributed by atoms with Crippen molar-refractivity contribution in [2.24, 2.45) is 4.99 Å². The van der Waals surface area contributed by atoms with Crippen molar-refractivity contribution in [1.82, 2.24) is 4.98 Å². The predicted octanol–water partition coefficient (Wildman–Crippen LogP) is 1.45. The molecule has 56 valence electrons. The molecule has 1 aliphatic heterocycles. The highest BCUT2D eigenvalue weighted by molar-refractivity contribution is 5.98. The van der Waals surface area contributed by atoms with Crippen LogP contribution < -0.4 is 0 Å². The second kappa shape index (κ2) is 2.46. The zero-order valence-corrected chi connectivity index (χ0v) is 6.54. The summed E-state index contributed by atoms with van der Waals surface area (Å²) in [5, 5.41) is 0. The fourth-order valence-corrected chi connectivity index (χ4v) is 1.39. The van der Waals surface area contributed by atoms with Crippen molar-refractivity contribution in [3.8, 4) is 0 Å². The Kier molecular flexibility index (Phi) is 1.46. The van der Waals surface area contributed by atoms with Crippen molar-refractivity contribution in [3.63, 3.8) is 0 Å². The quantitative estimate of drug-likeness (QED) is 0.543. The Balaban J connectivity index is 2.56. The molecule has 1 aromatic rings. The molecule has 1 aromatic heterocycles. The van der Waals surface area contributed by atoms with Crippen LogP contribution in [0.1, 0.15) is 18.2 Å². The lowest BCUT2D eigenvalue weighted by Crippen LogP contribution is -2.11. The molecule has 2 rings (SSSR count). The molecule has 11 heavy (non-hydrogen) atoms. The molecule has 0 radical (unpaired) electrons. The van der Waals surface area contributed by atoms with Crippen LogP contribution in [0, 0.1) is 0 Å². The number of fused-ring (bicyclic) bond motifs is 1. The zero-order valence-electron chi connectivity index (χ0n) is 6.54. The standard InChI is InChI=1S/C9H10N2/c1-7-9-8(4-6-10-7)3-2-5-11-9/h2-3,5H,4,6H2,1H3. The average molecular weight is 146 g/mol. The van der Waals surface area contributed by atoms with Crippen molar-refractivity contribution in [3.05, 3.63) is 29.6 Å². The van der Waals surface area contributed by atoms with E-state index in [2.05, 4.69) is 16.0 Å². The number of rotatable bonds is 0. The average Bonchev–Trinajstić information content (AvgIpc) is 2.06. The number of hydrogen-bond acceptors (Lipinski definition) is 2. The minimum Gasteiger partial charge on any atom is -0.287 e. The molecule has 0 aliphatic carbocycles. The van der Waals surface area contributed by atoms with Crippen LogP contribution >= 0.6 is 0 Å². The van der Waals surface area contributed by atoms with Gasteiger partial charge >= 0.3 is 0 Å². The molecule has 0 saturated carbocycles. The van der Waals surface area contributed by atoms with Gasteiger partial charge < -0.3 is 0 Å². The number of hydrogen-bond donors (Lipinski definition) is 0. The fourth-order valence-electron chi connectivity index (χ4n) is 1.39. The minimum atomic E-state index is 0.921. The maximum absolute atomic E-state index is 4.33. The highest BCUT2D eigenvalue weighted by Crippen LogP contribution is 2.11. The summed E-state index contributed by atoms with van der Waals surface area (Å²) in [5.41, 5.74) is 3.49. The predicted molar refractivity (Wildman–Crippen MR) is 45.0 cm³/mol. The molecule has 2 heteroatoms. The van der Waals surface area contributed by atoms with Gasteiger partial charge in [0.1, 0.15) is 0 Å². The number of aliphatic imine (C=N–C) groups is 1. The molecular weight excluding hydrogens is 136 g/mol. The van der Waals surface area contributed by atoms with Gasteiger partial charge in [0, 0.05) is 12.7 Å². The van der Waals surface area contributed by atoms with E-state index in [4.69, 9.17) is 0 Å². The molecule has 0 N–H and O–H groups in total. The van der Waals surface area contributed by atoms with E-state index in [9.17, 15) is 0 Å². The summed E-state index contributed by atoms with van der Waals surface area (Å²) < 4.78 is 0. The molecule has 0 amide bonds. The van der Waals surface area contributed by atoms with E-state index < -0.39 is 0 Å². The Labute approximate surface area is 66.0 Å². The van der Waals surface area contributed by atoms with E-state index in [0.717, 1.165) is 24.4 Å². The number of pyridine rings is 1. The largest absolute Gasteiger partial charge is 0.287 e. The van der Waals surface area contributed by atoms with E-state index >= 15 is 0 Å². The third-order valence-corrected chi connectivity index (χ3v) is 1.96. The van der Waals surface area contributed by atoms with Crippen LogP contribution in [-0.4, -0.2) is 17.2 Å². The van der Waals surface area contributed by atoms with E-state index in [-0.39, 0.29) is 0 Å². The van der Waals surface area contributed by atoms with Crippen molar-refractivity contribution < 1.29 is 0 Å². The zero-order chi connectivity index (χ0) is 7.68. The van der Waals surface area contributed by atoms with E-state index in [0.29, 0.717) is 0 Å². The molecule has 0 aromatic carbocycles. The molecule has 0 spiro atoms. The van der Waals surface area contributed by atoms with Gasteiger partial charge in [-0.3, -0.25) is 9.98 Å². The monoisotopic (exact) mass is 146 g/mol. The van der Waals surface area contributed by atoms with Gasteiger partial charge in [-0.15, -0.1) is 0 Å².